The van der Waals surface area contributed by atoms with Crippen LogP contribution in [0.2, 0.25) is 0 Å². The van der Waals surface area contributed by atoms with E-state index in [1.807, 2.05) is 19.1 Å². The number of ether oxygens (including phenoxy) is 2. The number of methoxy groups -OCH3 is 1. The molecule has 1 aromatic rings. The van der Waals surface area contributed by atoms with Gasteiger partial charge in [0.05, 0.1) is 41.9 Å². The van der Waals surface area contributed by atoms with Gasteiger partial charge in [0, 0.05) is 0 Å². The molecule has 0 radical (unpaired) electrons. The summed E-state index contributed by atoms with van der Waals surface area (Å²) in [5, 5.41) is 0. The molecule has 4 rings (SSSR count). The van der Waals surface area contributed by atoms with Gasteiger partial charge in [0.25, 0.3) is 0 Å². The molecule has 3 aliphatic heterocycles. The fourth-order valence-corrected chi connectivity index (χ4v) is 3.77. The van der Waals surface area contributed by atoms with Crippen LogP contribution in [0.1, 0.15) is 17.3 Å². The van der Waals surface area contributed by atoms with E-state index in [-0.39, 0.29) is 17.9 Å². The Morgan fingerprint density at radius 1 is 1.22 bits per heavy atom. The number of rotatable bonds is 2. The summed E-state index contributed by atoms with van der Waals surface area (Å²) < 4.78 is 10.4. The summed E-state index contributed by atoms with van der Waals surface area (Å²) in [6.07, 6.45) is 3.39. The molecule has 1 aromatic carbocycles. The highest BCUT2D eigenvalue weighted by Gasteiger charge is 2.65. The maximum absolute atomic E-state index is 12.8. The number of hydrogen-bond acceptors (Lipinski definition) is 5. The zero-order chi connectivity index (χ0) is 16.4. The third-order valence-electron chi connectivity index (χ3n) is 4.88. The van der Waals surface area contributed by atoms with Gasteiger partial charge in [-0.2, -0.15) is 0 Å². The van der Waals surface area contributed by atoms with E-state index in [0.717, 1.165) is 0 Å². The predicted molar refractivity (Wildman–Crippen MR) is 79.7 cm³/mol. The second kappa shape index (κ2) is 4.52. The van der Waals surface area contributed by atoms with E-state index in [2.05, 4.69) is 4.74 Å². The standard InChI is InChI=1S/C17H15NO5/c1-17-8-7-11(23-17)12-13(17)15(20)18(14(12)19)10-5-3-9(4-6-10)16(21)22-2/h3-8,11-13H,1-2H3/t11-,12-,13+,17+/m1/s1. The van der Waals surface area contributed by atoms with Gasteiger partial charge in [-0.25, -0.2) is 9.69 Å². The molecule has 118 valence electrons. The van der Waals surface area contributed by atoms with Crippen molar-refractivity contribution in [2.24, 2.45) is 11.8 Å². The lowest BCUT2D eigenvalue weighted by molar-refractivity contribution is -0.126. The van der Waals surface area contributed by atoms with Crippen LogP contribution in [0, 0.1) is 11.8 Å². The van der Waals surface area contributed by atoms with Gasteiger partial charge in [0.15, 0.2) is 0 Å². The normalized spacial score (nSPS) is 34.2. The molecule has 2 fully saturated rings. The quantitative estimate of drug-likeness (QED) is 0.467. The van der Waals surface area contributed by atoms with Gasteiger partial charge in [0.2, 0.25) is 11.8 Å². The van der Waals surface area contributed by atoms with Gasteiger partial charge >= 0.3 is 5.97 Å². The summed E-state index contributed by atoms with van der Waals surface area (Å²) in [7, 11) is 1.30. The van der Waals surface area contributed by atoms with Crippen LogP contribution in [0.5, 0.6) is 0 Å². The van der Waals surface area contributed by atoms with Crippen LogP contribution >= 0.6 is 0 Å². The van der Waals surface area contributed by atoms with Gasteiger partial charge in [-0.1, -0.05) is 12.2 Å². The lowest BCUT2D eigenvalue weighted by atomic mass is 9.78. The Morgan fingerprint density at radius 2 is 1.91 bits per heavy atom. The van der Waals surface area contributed by atoms with Crippen molar-refractivity contribution in [3.63, 3.8) is 0 Å². The zero-order valence-electron chi connectivity index (χ0n) is 12.7. The van der Waals surface area contributed by atoms with Crippen molar-refractivity contribution in [1.29, 1.82) is 0 Å². The smallest absolute Gasteiger partial charge is 0.337 e. The Hall–Kier alpha value is -2.47. The van der Waals surface area contributed by atoms with Crippen molar-refractivity contribution in [3.8, 4) is 0 Å². The summed E-state index contributed by atoms with van der Waals surface area (Å²) in [4.78, 5) is 38.2. The highest BCUT2D eigenvalue weighted by Crippen LogP contribution is 2.52. The molecule has 2 bridgehead atoms. The molecule has 0 aliphatic carbocycles. The van der Waals surface area contributed by atoms with Gasteiger partial charge in [-0.15, -0.1) is 0 Å². The highest BCUT2D eigenvalue weighted by molar-refractivity contribution is 6.23. The van der Waals surface area contributed by atoms with Crippen molar-refractivity contribution in [2.75, 3.05) is 12.0 Å². The Kier molecular flexibility index (Phi) is 2.78. The van der Waals surface area contributed by atoms with Crippen molar-refractivity contribution < 1.29 is 23.9 Å². The first kappa shape index (κ1) is 14.1. The summed E-state index contributed by atoms with van der Waals surface area (Å²) in [5.74, 6) is -1.90. The van der Waals surface area contributed by atoms with Gasteiger partial charge in [-0.05, 0) is 31.2 Å². The Labute approximate surface area is 132 Å². The van der Waals surface area contributed by atoms with E-state index in [4.69, 9.17) is 4.74 Å². The molecule has 3 aliphatic rings. The third kappa shape index (κ3) is 1.75. The van der Waals surface area contributed by atoms with Gasteiger partial charge < -0.3 is 9.47 Å². The molecule has 6 heteroatoms. The lowest BCUT2D eigenvalue weighted by Crippen LogP contribution is -2.38. The second-order valence-electron chi connectivity index (χ2n) is 6.18. The van der Waals surface area contributed by atoms with E-state index in [0.29, 0.717) is 11.3 Å². The van der Waals surface area contributed by atoms with Crippen molar-refractivity contribution >= 4 is 23.5 Å². The molecule has 3 heterocycles. The molecular formula is C17H15NO5. The Balaban J connectivity index is 1.68. The average molecular weight is 313 g/mol. The van der Waals surface area contributed by atoms with Gasteiger partial charge in [-0.3, -0.25) is 9.59 Å². The number of fused-ring (bicyclic) bond motifs is 5. The van der Waals surface area contributed by atoms with Crippen LogP contribution < -0.4 is 4.90 Å². The van der Waals surface area contributed by atoms with Crippen molar-refractivity contribution in [1.82, 2.24) is 0 Å². The average Bonchev–Trinajstić information content (AvgIpc) is 3.16. The number of anilines is 1. The van der Waals surface area contributed by atoms with Crippen LogP contribution in [0.15, 0.2) is 36.4 Å². The third-order valence-corrected chi connectivity index (χ3v) is 4.88. The number of amides is 2. The van der Waals surface area contributed by atoms with E-state index in [1.165, 1.54) is 12.0 Å². The number of hydrogen-bond donors (Lipinski definition) is 0. The minimum atomic E-state index is -0.706. The molecule has 0 aromatic heterocycles. The Morgan fingerprint density at radius 3 is 2.52 bits per heavy atom. The lowest BCUT2D eigenvalue weighted by Gasteiger charge is -2.24. The first-order valence-corrected chi connectivity index (χ1v) is 7.39. The number of carbonyl (C=O) groups is 3. The molecule has 2 saturated heterocycles. The number of carbonyl (C=O) groups excluding carboxylic acids is 3. The fourth-order valence-electron chi connectivity index (χ4n) is 3.77. The zero-order valence-corrected chi connectivity index (χ0v) is 12.7. The Bertz CT molecular complexity index is 753. The van der Waals surface area contributed by atoms with Crippen molar-refractivity contribution in [2.45, 2.75) is 18.6 Å². The molecule has 2 amide bonds. The molecule has 4 atom stereocenters. The monoisotopic (exact) mass is 313 g/mol. The molecule has 23 heavy (non-hydrogen) atoms. The number of benzene rings is 1. The minimum Gasteiger partial charge on any atom is -0.465 e. The maximum atomic E-state index is 12.8. The molecule has 0 spiro atoms. The first-order chi connectivity index (χ1) is 11.0. The largest absolute Gasteiger partial charge is 0.465 e. The summed E-state index contributed by atoms with van der Waals surface area (Å²) in [5.41, 5.74) is 0.126. The molecular weight excluding hydrogens is 298 g/mol. The fraction of sp³-hybridized carbons (Fsp3) is 0.353. The van der Waals surface area contributed by atoms with E-state index in [9.17, 15) is 14.4 Å². The highest BCUT2D eigenvalue weighted by atomic mass is 16.5. The van der Waals surface area contributed by atoms with Crippen LogP contribution in [0.4, 0.5) is 5.69 Å². The summed E-state index contributed by atoms with van der Waals surface area (Å²) >= 11 is 0. The number of nitrogens with zero attached hydrogens (tertiary/aromatic N) is 1. The number of imide groups is 1. The van der Waals surface area contributed by atoms with Crippen molar-refractivity contribution in [3.05, 3.63) is 42.0 Å². The maximum Gasteiger partial charge on any atom is 0.337 e. The van der Waals surface area contributed by atoms with E-state index in [1.54, 1.807) is 24.3 Å². The van der Waals surface area contributed by atoms with Gasteiger partial charge in [0.1, 0.15) is 0 Å². The SMILES string of the molecule is COC(=O)c1ccc(N2C(=O)[C@H]3[C@@H](C2=O)[C@]2(C)C=C[C@H]3O2)cc1. The minimum absolute atomic E-state index is 0.246. The molecule has 0 N–H and O–H groups in total. The molecule has 0 unspecified atom stereocenters. The first-order valence-electron chi connectivity index (χ1n) is 7.39. The predicted octanol–water partition coefficient (Wildman–Crippen LogP) is 1.31. The number of esters is 1. The van der Waals surface area contributed by atoms with Crippen LogP contribution in [0.25, 0.3) is 0 Å². The topological polar surface area (TPSA) is 72.9 Å². The second-order valence-corrected chi connectivity index (χ2v) is 6.18. The van der Waals surface area contributed by atoms with E-state index < -0.39 is 23.4 Å². The van der Waals surface area contributed by atoms with Crippen LogP contribution in [0.3, 0.4) is 0 Å². The van der Waals surface area contributed by atoms with Crippen LogP contribution in [-0.2, 0) is 19.1 Å². The summed E-state index contributed by atoms with van der Waals surface area (Å²) in [6, 6.07) is 6.26. The summed E-state index contributed by atoms with van der Waals surface area (Å²) in [6.45, 7) is 1.84. The molecule has 0 saturated carbocycles. The van der Waals surface area contributed by atoms with Crippen LogP contribution in [-0.4, -0.2) is 36.6 Å². The van der Waals surface area contributed by atoms with E-state index >= 15 is 0 Å². The molecule has 6 nitrogen and oxygen atoms in total.